The van der Waals surface area contributed by atoms with Crippen LogP contribution in [0, 0.1) is 5.92 Å². The highest BCUT2D eigenvalue weighted by Gasteiger charge is 2.28. The standard InChI is InChI=1S/C23H29ClN2O3S/c1-3-26(4-2)30(28,29)22-17-20(10-11-21(22)24)23(27)25-14-12-19(13-15-25)16-18-8-6-5-7-9-18/h5-11,17,19H,3-4,12-16H2,1-2H3. The number of carbonyl (C=O) groups excluding carboxylic acids is 1. The van der Waals surface area contributed by atoms with Crippen molar-refractivity contribution in [3.63, 3.8) is 0 Å². The number of nitrogens with zero attached hydrogens (tertiary/aromatic N) is 2. The molecule has 0 atom stereocenters. The maximum Gasteiger partial charge on any atom is 0.253 e. The Bertz CT molecular complexity index is 967. The van der Waals surface area contributed by atoms with E-state index in [2.05, 4.69) is 24.3 Å². The van der Waals surface area contributed by atoms with Crippen molar-refractivity contribution in [3.05, 3.63) is 64.7 Å². The molecule has 0 N–H and O–H groups in total. The smallest absolute Gasteiger partial charge is 0.253 e. The van der Waals surface area contributed by atoms with Crippen LogP contribution in [-0.4, -0.2) is 49.7 Å². The molecule has 0 saturated carbocycles. The maximum atomic E-state index is 13.0. The van der Waals surface area contributed by atoms with E-state index in [-0.39, 0.29) is 15.8 Å². The fourth-order valence-electron chi connectivity index (χ4n) is 4.01. The average molecular weight is 449 g/mol. The molecule has 162 valence electrons. The monoisotopic (exact) mass is 448 g/mol. The first-order chi connectivity index (χ1) is 14.4. The van der Waals surface area contributed by atoms with Gasteiger partial charge in [-0.05, 0) is 48.9 Å². The molecule has 1 aliphatic heterocycles. The zero-order valence-electron chi connectivity index (χ0n) is 17.6. The van der Waals surface area contributed by atoms with Gasteiger partial charge in [0.25, 0.3) is 5.91 Å². The Morgan fingerprint density at radius 1 is 1.07 bits per heavy atom. The Hall–Kier alpha value is -1.89. The predicted octanol–water partition coefficient (Wildman–Crippen LogP) is 4.47. The van der Waals surface area contributed by atoms with Gasteiger partial charge in [-0.3, -0.25) is 4.79 Å². The minimum absolute atomic E-state index is 0.00215. The lowest BCUT2D eigenvalue weighted by Crippen LogP contribution is -2.39. The molecule has 0 aliphatic carbocycles. The third-order valence-corrected chi connectivity index (χ3v) is 8.30. The number of sulfonamides is 1. The van der Waals surface area contributed by atoms with E-state index in [9.17, 15) is 13.2 Å². The average Bonchev–Trinajstić information content (AvgIpc) is 2.75. The van der Waals surface area contributed by atoms with Gasteiger partial charge in [-0.25, -0.2) is 8.42 Å². The second-order valence-electron chi connectivity index (χ2n) is 7.66. The van der Waals surface area contributed by atoms with E-state index in [0.717, 1.165) is 19.3 Å². The number of hydrogen-bond donors (Lipinski definition) is 0. The fourth-order valence-corrected chi connectivity index (χ4v) is 5.97. The predicted molar refractivity (Wildman–Crippen MR) is 120 cm³/mol. The van der Waals surface area contributed by atoms with E-state index in [1.54, 1.807) is 19.9 Å². The van der Waals surface area contributed by atoms with Gasteiger partial charge in [-0.15, -0.1) is 0 Å². The van der Waals surface area contributed by atoms with Crippen LogP contribution in [0.2, 0.25) is 5.02 Å². The molecular formula is C23H29ClN2O3S. The Morgan fingerprint density at radius 2 is 1.70 bits per heavy atom. The second kappa shape index (κ2) is 9.94. The van der Waals surface area contributed by atoms with Crippen LogP contribution in [0.3, 0.4) is 0 Å². The molecule has 0 unspecified atom stereocenters. The van der Waals surface area contributed by atoms with Crippen molar-refractivity contribution < 1.29 is 13.2 Å². The highest BCUT2D eigenvalue weighted by Crippen LogP contribution is 2.28. The molecule has 2 aromatic rings. The zero-order chi connectivity index (χ0) is 21.7. The van der Waals surface area contributed by atoms with Crippen LogP contribution >= 0.6 is 11.6 Å². The van der Waals surface area contributed by atoms with E-state index in [1.807, 2.05) is 11.0 Å². The van der Waals surface area contributed by atoms with E-state index in [0.29, 0.717) is 37.7 Å². The molecular weight excluding hydrogens is 420 g/mol. The van der Waals surface area contributed by atoms with Crippen molar-refractivity contribution in [2.75, 3.05) is 26.2 Å². The van der Waals surface area contributed by atoms with Crippen molar-refractivity contribution in [1.29, 1.82) is 0 Å². The number of likely N-dealkylation sites (tertiary alicyclic amines) is 1. The van der Waals surface area contributed by atoms with Crippen molar-refractivity contribution in [3.8, 4) is 0 Å². The third kappa shape index (κ3) is 5.05. The normalized spacial score (nSPS) is 15.5. The molecule has 1 aliphatic rings. The lowest BCUT2D eigenvalue weighted by Gasteiger charge is -2.32. The Morgan fingerprint density at radius 3 is 2.30 bits per heavy atom. The molecule has 1 amide bonds. The fraction of sp³-hybridized carbons (Fsp3) is 0.435. The molecule has 3 rings (SSSR count). The van der Waals surface area contributed by atoms with Crippen molar-refractivity contribution >= 4 is 27.5 Å². The van der Waals surface area contributed by atoms with E-state index < -0.39 is 10.0 Å². The van der Waals surface area contributed by atoms with Crippen LogP contribution < -0.4 is 0 Å². The molecule has 1 fully saturated rings. The number of carbonyl (C=O) groups is 1. The van der Waals surface area contributed by atoms with Gasteiger partial charge in [0, 0.05) is 31.7 Å². The van der Waals surface area contributed by atoms with Gasteiger partial charge in [0.2, 0.25) is 10.0 Å². The van der Waals surface area contributed by atoms with Gasteiger partial charge in [0.1, 0.15) is 4.90 Å². The SMILES string of the molecule is CCN(CC)S(=O)(=O)c1cc(C(=O)N2CCC(Cc3ccccc3)CC2)ccc1Cl. The van der Waals surface area contributed by atoms with Gasteiger partial charge in [-0.1, -0.05) is 55.8 Å². The van der Waals surface area contributed by atoms with E-state index in [4.69, 9.17) is 11.6 Å². The van der Waals surface area contributed by atoms with Crippen LogP contribution in [-0.2, 0) is 16.4 Å². The molecule has 1 heterocycles. The molecule has 5 nitrogen and oxygen atoms in total. The Kier molecular flexibility index (Phi) is 7.55. The highest BCUT2D eigenvalue weighted by atomic mass is 35.5. The lowest BCUT2D eigenvalue weighted by molar-refractivity contribution is 0.0690. The summed E-state index contributed by atoms with van der Waals surface area (Å²) in [5.41, 5.74) is 1.69. The second-order valence-corrected chi connectivity index (χ2v) is 9.97. The van der Waals surface area contributed by atoms with Crippen LogP contribution in [0.4, 0.5) is 0 Å². The first kappa shape index (κ1) is 22.8. The third-order valence-electron chi connectivity index (χ3n) is 5.77. The van der Waals surface area contributed by atoms with E-state index in [1.165, 1.54) is 22.0 Å². The zero-order valence-corrected chi connectivity index (χ0v) is 19.1. The summed E-state index contributed by atoms with van der Waals surface area (Å²) < 4.78 is 27.1. The number of piperidine rings is 1. The molecule has 0 aromatic heterocycles. The number of halogens is 1. The van der Waals surface area contributed by atoms with Crippen LogP contribution in [0.15, 0.2) is 53.4 Å². The molecule has 1 saturated heterocycles. The summed E-state index contributed by atoms with van der Waals surface area (Å²) in [5, 5.41) is 0.139. The number of benzene rings is 2. The van der Waals surface area contributed by atoms with E-state index >= 15 is 0 Å². The summed E-state index contributed by atoms with van der Waals surface area (Å²) in [5.74, 6) is 0.418. The van der Waals surface area contributed by atoms with Crippen LogP contribution in [0.5, 0.6) is 0 Å². The first-order valence-electron chi connectivity index (χ1n) is 10.5. The van der Waals surface area contributed by atoms with Crippen molar-refractivity contribution in [2.24, 2.45) is 5.92 Å². The molecule has 7 heteroatoms. The van der Waals surface area contributed by atoms with Crippen molar-refractivity contribution in [2.45, 2.75) is 38.0 Å². The topological polar surface area (TPSA) is 57.7 Å². The summed E-state index contributed by atoms with van der Waals surface area (Å²) in [6, 6.07) is 15.0. The summed E-state index contributed by atoms with van der Waals surface area (Å²) in [6.45, 7) is 5.62. The number of rotatable bonds is 7. The summed E-state index contributed by atoms with van der Waals surface area (Å²) in [7, 11) is -3.73. The van der Waals surface area contributed by atoms with Gasteiger partial charge in [-0.2, -0.15) is 4.31 Å². The molecule has 30 heavy (non-hydrogen) atoms. The quantitative estimate of drug-likeness (QED) is 0.628. The van der Waals surface area contributed by atoms with Gasteiger partial charge >= 0.3 is 0 Å². The first-order valence-corrected chi connectivity index (χ1v) is 12.3. The largest absolute Gasteiger partial charge is 0.339 e. The molecule has 0 bridgehead atoms. The lowest BCUT2D eigenvalue weighted by atomic mass is 9.90. The van der Waals surface area contributed by atoms with Crippen LogP contribution in [0.1, 0.15) is 42.6 Å². The molecule has 0 spiro atoms. The van der Waals surface area contributed by atoms with Gasteiger partial charge in [0.05, 0.1) is 5.02 Å². The summed E-state index contributed by atoms with van der Waals surface area (Å²) >= 11 is 6.19. The summed E-state index contributed by atoms with van der Waals surface area (Å²) in [6.07, 6.45) is 2.91. The maximum absolute atomic E-state index is 13.0. The van der Waals surface area contributed by atoms with Gasteiger partial charge in [0.15, 0.2) is 0 Å². The number of amides is 1. The Balaban J connectivity index is 1.71. The number of hydrogen-bond acceptors (Lipinski definition) is 3. The van der Waals surface area contributed by atoms with Crippen molar-refractivity contribution in [1.82, 2.24) is 9.21 Å². The summed E-state index contributed by atoms with van der Waals surface area (Å²) in [4.78, 5) is 14.9. The highest BCUT2D eigenvalue weighted by molar-refractivity contribution is 7.89. The van der Waals surface area contributed by atoms with Gasteiger partial charge < -0.3 is 4.90 Å². The van der Waals surface area contributed by atoms with Crippen LogP contribution in [0.25, 0.3) is 0 Å². The minimum atomic E-state index is -3.73. The minimum Gasteiger partial charge on any atom is -0.339 e. The Labute approximate surface area is 184 Å². The molecule has 0 radical (unpaired) electrons. The molecule has 2 aromatic carbocycles.